The van der Waals surface area contributed by atoms with E-state index in [9.17, 15) is 14.4 Å². The Morgan fingerprint density at radius 1 is 0.941 bits per heavy atom. The van der Waals surface area contributed by atoms with E-state index < -0.39 is 36.2 Å². The average Bonchev–Trinajstić information content (AvgIpc) is 2.73. The van der Waals surface area contributed by atoms with Gasteiger partial charge in [-0.15, -0.1) is 0 Å². The summed E-state index contributed by atoms with van der Waals surface area (Å²) in [5.74, 6) is -1.61. The zero-order valence-electron chi connectivity index (χ0n) is 19.9. The van der Waals surface area contributed by atoms with Crippen LogP contribution in [0, 0.1) is 5.92 Å². The molecule has 7 nitrogen and oxygen atoms in total. The number of hydrogen-bond acceptors (Lipinski definition) is 5. The average molecular weight is 579 g/mol. The van der Waals surface area contributed by atoms with Crippen LogP contribution in [-0.2, 0) is 14.3 Å². The van der Waals surface area contributed by atoms with Crippen molar-refractivity contribution in [3.05, 3.63) is 25.1 Å². The molecule has 0 aliphatic carbocycles. The van der Waals surface area contributed by atoms with Gasteiger partial charge in [-0.3, -0.25) is 9.69 Å². The molecule has 0 heterocycles. The van der Waals surface area contributed by atoms with Crippen LogP contribution in [0.15, 0.2) is 0 Å². The molecule has 1 aromatic rings. The molecule has 0 bridgehead atoms. The van der Waals surface area contributed by atoms with Crippen LogP contribution in [0.4, 0.5) is 4.79 Å². The molecule has 0 aromatic heterocycles. The third kappa shape index (κ3) is 8.83. The first kappa shape index (κ1) is 30.9. The molecule has 0 saturated carbocycles. The van der Waals surface area contributed by atoms with E-state index in [-0.39, 0.29) is 36.8 Å². The van der Waals surface area contributed by atoms with Crippen molar-refractivity contribution in [3.8, 4) is 5.75 Å². The number of ether oxygens (including phenoxy) is 2. The van der Waals surface area contributed by atoms with E-state index in [2.05, 4.69) is 5.32 Å². The minimum atomic E-state index is -0.880. The Kier molecular flexibility index (Phi) is 12.1. The van der Waals surface area contributed by atoms with Gasteiger partial charge in [0.25, 0.3) is 0 Å². The summed E-state index contributed by atoms with van der Waals surface area (Å²) in [5.41, 5.74) is -0.731. The van der Waals surface area contributed by atoms with Gasteiger partial charge in [0.1, 0.15) is 28.2 Å². The van der Waals surface area contributed by atoms with Crippen molar-refractivity contribution in [2.24, 2.45) is 5.92 Å². The fourth-order valence-corrected chi connectivity index (χ4v) is 4.06. The van der Waals surface area contributed by atoms with Gasteiger partial charge in [0.2, 0.25) is 5.91 Å². The van der Waals surface area contributed by atoms with E-state index in [0.717, 1.165) is 0 Å². The van der Waals surface area contributed by atoms with Crippen LogP contribution in [-0.4, -0.2) is 47.6 Å². The van der Waals surface area contributed by atoms with Gasteiger partial charge < -0.3 is 14.8 Å². The van der Waals surface area contributed by atoms with Crippen molar-refractivity contribution >= 4 is 76.0 Å². The third-order valence-electron chi connectivity index (χ3n) is 4.26. The number of esters is 1. The largest absolute Gasteiger partial charge is 0.444 e. The highest BCUT2D eigenvalue weighted by Crippen LogP contribution is 2.48. The molecule has 0 fully saturated rings. The second-order valence-electron chi connectivity index (χ2n) is 8.91. The first-order chi connectivity index (χ1) is 15.6. The summed E-state index contributed by atoms with van der Waals surface area (Å²) in [4.78, 5) is 39.6. The molecule has 1 N–H and O–H groups in total. The minimum Gasteiger partial charge on any atom is -0.444 e. The van der Waals surface area contributed by atoms with Crippen LogP contribution in [0.5, 0.6) is 5.75 Å². The Balaban J connectivity index is 3.02. The molecule has 0 spiro atoms. The molecule has 0 radical (unpaired) electrons. The van der Waals surface area contributed by atoms with E-state index >= 15 is 0 Å². The molecule has 192 valence electrons. The van der Waals surface area contributed by atoms with Gasteiger partial charge in [-0.1, -0.05) is 78.8 Å². The number of nitrogens with one attached hydrogen (secondary N) is 1. The van der Waals surface area contributed by atoms with Crippen LogP contribution < -0.4 is 10.1 Å². The van der Waals surface area contributed by atoms with Gasteiger partial charge in [0.05, 0.1) is 15.1 Å². The lowest BCUT2D eigenvalue weighted by Gasteiger charge is -2.33. The number of rotatable bonds is 9. The van der Waals surface area contributed by atoms with Crippen molar-refractivity contribution < 1.29 is 23.9 Å². The summed E-state index contributed by atoms with van der Waals surface area (Å²) >= 11 is 30.0. The SMILES string of the molecule is CCCN(C(=O)OC(C)(C)C)[C@@H](CC(C)C)C(=O)NCC(=O)Oc1c(Cl)c(Cl)c(Cl)c(Cl)c1Cl. The molecule has 2 amide bonds. The summed E-state index contributed by atoms with van der Waals surface area (Å²) in [6.07, 6.45) is 0.361. The van der Waals surface area contributed by atoms with Gasteiger partial charge in [-0.2, -0.15) is 0 Å². The topological polar surface area (TPSA) is 84.9 Å². The van der Waals surface area contributed by atoms with Crippen molar-refractivity contribution in [1.82, 2.24) is 10.2 Å². The zero-order chi connectivity index (χ0) is 26.4. The quantitative estimate of drug-likeness (QED) is 0.147. The van der Waals surface area contributed by atoms with Crippen LogP contribution >= 0.6 is 58.0 Å². The van der Waals surface area contributed by atoms with E-state index in [4.69, 9.17) is 67.5 Å². The predicted molar refractivity (Wildman–Crippen MR) is 137 cm³/mol. The lowest BCUT2D eigenvalue weighted by molar-refractivity contribution is -0.136. The first-order valence-corrected chi connectivity index (χ1v) is 12.5. The van der Waals surface area contributed by atoms with Crippen LogP contribution in [0.25, 0.3) is 0 Å². The van der Waals surface area contributed by atoms with Gasteiger partial charge >= 0.3 is 12.1 Å². The number of nitrogens with zero attached hydrogens (tertiary/aromatic N) is 1. The summed E-state index contributed by atoms with van der Waals surface area (Å²) in [6.45, 7) is 10.7. The van der Waals surface area contributed by atoms with Gasteiger partial charge in [0, 0.05) is 6.54 Å². The number of amides is 2. The van der Waals surface area contributed by atoms with Crippen molar-refractivity contribution in [2.45, 2.75) is 66.0 Å². The van der Waals surface area contributed by atoms with Crippen molar-refractivity contribution in [3.63, 3.8) is 0 Å². The predicted octanol–water partition coefficient (Wildman–Crippen LogP) is 7.04. The molecule has 1 rings (SSSR count). The molecule has 0 unspecified atom stereocenters. The summed E-state index contributed by atoms with van der Waals surface area (Å²) in [5, 5.41) is 1.77. The monoisotopic (exact) mass is 576 g/mol. The fourth-order valence-electron chi connectivity index (χ4n) is 2.86. The maximum Gasteiger partial charge on any atom is 0.410 e. The number of benzene rings is 1. The number of hydrogen-bond donors (Lipinski definition) is 1. The lowest BCUT2D eigenvalue weighted by Crippen LogP contribution is -2.52. The standard InChI is InChI=1S/C22H29Cl5N2O5/c1-7-8-29(21(32)34-22(4,5)6)12(9-11(2)3)20(31)28-10-13(30)33-19-17(26)15(24)14(23)16(25)18(19)27/h11-12H,7-10H2,1-6H3,(H,28,31)/t12-/m0/s1. The third-order valence-corrected chi connectivity index (χ3v) is 6.50. The molecular weight excluding hydrogens is 550 g/mol. The molecule has 0 saturated heterocycles. The molecule has 0 aliphatic heterocycles. The second kappa shape index (κ2) is 13.3. The highest BCUT2D eigenvalue weighted by Gasteiger charge is 2.33. The maximum absolute atomic E-state index is 13.0. The van der Waals surface area contributed by atoms with Gasteiger partial charge in [0.15, 0.2) is 5.75 Å². The molecular formula is C22H29Cl5N2O5. The molecule has 0 aliphatic rings. The Labute approximate surface area is 225 Å². The Bertz CT molecular complexity index is 889. The highest BCUT2D eigenvalue weighted by atomic mass is 35.5. The Hall–Kier alpha value is -1.12. The molecule has 12 heteroatoms. The van der Waals surface area contributed by atoms with Crippen LogP contribution in [0.2, 0.25) is 25.1 Å². The first-order valence-electron chi connectivity index (χ1n) is 10.6. The number of halogens is 5. The summed E-state index contributed by atoms with van der Waals surface area (Å²) in [6, 6.07) is -0.853. The molecule has 34 heavy (non-hydrogen) atoms. The summed E-state index contributed by atoms with van der Waals surface area (Å²) < 4.78 is 10.7. The zero-order valence-corrected chi connectivity index (χ0v) is 23.6. The van der Waals surface area contributed by atoms with Crippen LogP contribution in [0.3, 0.4) is 0 Å². The van der Waals surface area contributed by atoms with E-state index in [1.165, 1.54) is 4.90 Å². The lowest BCUT2D eigenvalue weighted by atomic mass is 10.0. The normalized spacial score (nSPS) is 12.4. The number of carbonyl (C=O) groups is 3. The van der Waals surface area contributed by atoms with Gasteiger partial charge in [-0.25, -0.2) is 9.59 Å². The van der Waals surface area contributed by atoms with Gasteiger partial charge in [-0.05, 0) is 39.5 Å². The van der Waals surface area contributed by atoms with E-state index in [1.54, 1.807) is 20.8 Å². The Morgan fingerprint density at radius 2 is 1.44 bits per heavy atom. The van der Waals surface area contributed by atoms with E-state index in [1.807, 2.05) is 20.8 Å². The smallest absolute Gasteiger partial charge is 0.410 e. The second-order valence-corrected chi connectivity index (χ2v) is 10.8. The maximum atomic E-state index is 13.0. The van der Waals surface area contributed by atoms with Crippen LogP contribution in [0.1, 0.15) is 54.4 Å². The fraction of sp³-hybridized carbons (Fsp3) is 0.591. The molecule has 1 aromatic carbocycles. The molecule has 1 atom stereocenters. The number of carbonyl (C=O) groups excluding carboxylic acids is 3. The minimum absolute atomic E-state index is 0.0823. The van der Waals surface area contributed by atoms with E-state index in [0.29, 0.717) is 19.4 Å². The highest BCUT2D eigenvalue weighted by molar-refractivity contribution is 6.55. The Morgan fingerprint density at radius 3 is 1.88 bits per heavy atom. The summed E-state index contributed by atoms with van der Waals surface area (Å²) in [7, 11) is 0. The van der Waals surface area contributed by atoms with Crippen molar-refractivity contribution in [1.29, 1.82) is 0 Å². The van der Waals surface area contributed by atoms with Crippen molar-refractivity contribution in [2.75, 3.05) is 13.1 Å².